The van der Waals surface area contributed by atoms with Gasteiger partial charge in [0.2, 0.25) is 0 Å². The third-order valence-corrected chi connectivity index (χ3v) is 5.20. The molecule has 5 atom stereocenters. The zero-order chi connectivity index (χ0) is 12.5. The van der Waals surface area contributed by atoms with E-state index in [-0.39, 0.29) is 18.0 Å². The maximum absolute atomic E-state index is 12.2. The number of hydrogen-bond acceptors (Lipinski definition) is 3. The summed E-state index contributed by atoms with van der Waals surface area (Å²) in [5.41, 5.74) is 0. The Kier molecular flexibility index (Phi) is 3.60. The summed E-state index contributed by atoms with van der Waals surface area (Å²) in [5.74, 6) is 0.997. The molecule has 0 aromatic rings. The van der Waals surface area contributed by atoms with E-state index in [1.807, 2.05) is 0 Å². The Morgan fingerprint density at radius 2 is 2.11 bits per heavy atom. The molecule has 18 heavy (non-hydrogen) atoms. The molecule has 3 nitrogen and oxygen atoms in total. The fourth-order valence-electron chi connectivity index (χ4n) is 4.06. The Morgan fingerprint density at radius 1 is 1.22 bits per heavy atom. The van der Waals surface area contributed by atoms with Crippen LogP contribution in [0.2, 0.25) is 0 Å². The van der Waals surface area contributed by atoms with Gasteiger partial charge in [0.25, 0.3) is 0 Å². The van der Waals surface area contributed by atoms with Gasteiger partial charge in [0.1, 0.15) is 6.10 Å². The van der Waals surface area contributed by atoms with Gasteiger partial charge >= 0.3 is 5.97 Å². The van der Waals surface area contributed by atoms with Crippen LogP contribution in [0.1, 0.15) is 58.3 Å². The molecule has 3 rings (SSSR count). The van der Waals surface area contributed by atoms with Gasteiger partial charge in [0, 0.05) is 12.1 Å². The van der Waals surface area contributed by atoms with Gasteiger partial charge in [0.15, 0.2) is 0 Å². The summed E-state index contributed by atoms with van der Waals surface area (Å²) in [4.78, 5) is 12.2. The van der Waals surface area contributed by atoms with E-state index in [0.29, 0.717) is 12.1 Å². The van der Waals surface area contributed by atoms with Gasteiger partial charge in [0.05, 0.1) is 5.92 Å². The summed E-state index contributed by atoms with van der Waals surface area (Å²) >= 11 is 0. The third-order valence-electron chi connectivity index (χ3n) is 5.20. The van der Waals surface area contributed by atoms with Crippen molar-refractivity contribution in [2.45, 2.75) is 76.5 Å². The SMILES string of the molecule is CCC1CCCC(OC(=O)C2CC3CCC2N3)C1. The van der Waals surface area contributed by atoms with E-state index in [4.69, 9.17) is 4.74 Å². The van der Waals surface area contributed by atoms with Crippen LogP contribution >= 0.6 is 0 Å². The van der Waals surface area contributed by atoms with Crippen molar-refractivity contribution in [2.24, 2.45) is 11.8 Å². The van der Waals surface area contributed by atoms with Crippen molar-refractivity contribution in [2.75, 3.05) is 0 Å². The molecule has 3 heteroatoms. The summed E-state index contributed by atoms with van der Waals surface area (Å²) in [5, 5.41) is 3.52. The molecule has 1 N–H and O–H groups in total. The smallest absolute Gasteiger partial charge is 0.310 e. The number of carbonyl (C=O) groups excluding carboxylic acids is 1. The quantitative estimate of drug-likeness (QED) is 0.784. The number of hydrogen-bond donors (Lipinski definition) is 1. The zero-order valence-corrected chi connectivity index (χ0v) is 11.4. The molecule has 3 fully saturated rings. The lowest BCUT2D eigenvalue weighted by atomic mass is 9.85. The number of fused-ring (bicyclic) bond motifs is 2. The number of esters is 1. The van der Waals surface area contributed by atoms with Crippen LogP contribution in [0, 0.1) is 11.8 Å². The topological polar surface area (TPSA) is 38.3 Å². The summed E-state index contributed by atoms with van der Waals surface area (Å²) < 4.78 is 5.78. The highest BCUT2D eigenvalue weighted by atomic mass is 16.5. The second-order valence-corrected chi connectivity index (χ2v) is 6.39. The molecular weight excluding hydrogens is 226 g/mol. The maximum atomic E-state index is 12.2. The van der Waals surface area contributed by atoms with Crippen molar-refractivity contribution in [3.63, 3.8) is 0 Å². The van der Waals surface area contributed by atoms with Crippen LogP contribution in [0.15, 0.2) is 0 Å². The van der Waals surface area contributed by atoms with E-state index in [1.165, 1.54) is 25.7 Å². The average molecular weight is 251 g/mol. The number of ether oxygens (including phenoxy) is 1. The van der Waals surface area contributed by atoms with Gasteiger partial charge in [-0.2, -0.15) is 0 Å². The molecule has 3 aliphatic rings. The monoisotopic (exact) mass is 251 g/mol. The van der Waals surface area contributed by atoms with Gasteiger partial charge < -0.3 is 10.1 Å². The highest BCUT2D eigenvalue weighted by Gasteiger charge is 2.44. The van der Waals surface area contributed by atoms with E-state index in [1.54, 1.807) is 0 Å². The number of carbonyl (C=O) groups is 1. The van der Waals surface area contributed by atoms with E-state index in [0.717, 1.165) is 31.6 Å². The lowest BCUT2D eigenvalue weighted by Crippen LogP contribution is -2.34. The van der Waals surface area contributed by atoms with Crippen LogP contribution in [0.25, 0.3) is 0 Å². The van der Waals surface area contributed by atoms with Crippen molar-refractivity contribution in [3.05, 3.63) is 0 Å². The average Bonchev–Trinajstić information content (AvgIpc) is 3.01. The molecule has 2 bridgehead atoms. The first-order valence-electron chi connectivity index (χ1n) is 7.72. The first kappa shape index (κ1) is 12.5. The molecule has 1 saturated carbocycles. The lowest BCUT2D eigenvalue weighted by molar-refractivity contribution is -0.157. The Balaban J connectivity index is 1.51. The lowest BCUT2D eigenvalue weighted by Gasteiger charge is -2.30. The van der Waals surface area contributed by atoms with Crippen molar-refractivity contribution < 1.29 is 9.53 Å². The second kappa shape index (κ2) is 5.20. The number of nitrogens with one attached hydrogen (secondary N) is 1. The van der Waals surface area contributed by atoms with Crippen LogP contribution < -0.4 is 5.32 Å². The predicted octanol–water partition coefficient (Wildman–Crippen LogP) is 2.64. The van der Waals surface area contributed by atoms with E-state index in [9.17, 15) is 4.79 Å². The molecular formula is C15H25NO2. The van der Waals surface area contributed by atoms with Crippen LogP contribution in [-0.2, 0) is 9.53 Å². The molecule has 5 unspecified atom stereocenters. The van der Waals surface area contributed by atoms with Crippen molar-refractivity contribution in [1.29, 1.82) is 0 Å². The van der Waals surface area contributed by atoms with Crippen molar-refractivity contribution in [1.82, 2.24) is 5.32 Å². The largest absolute Gasteiger partial charge is 0.462 e. The Bertz CT molecular complexity index is 318. The first-order valence-corrected chi connectivity index (χ1v) is 7.72. The molecule has 2 heterocycles. The first-order chi connectivity index (χ1) is 8.76. The van der Waals surface area contributed by atoms with Gasteiger partial charge in [-0.15, -0.1) is 0 Å². The molecule has 0 amide bonds. The number of rotatable bonds is 3. The molecule has 0 spiro atoms. The van der Waals surface area contributed by atoms with Crippen LogP contribution in [0.4, 0.5) is 0 Å². The van der Waals surface area contributed by atoms with Gasteiger partial charge in [-0.1, -0.05) is 19.8 Å². The van der Waals surface area contributed by atoms with E-state index in [2.05, 4.69) is 12.2 Å². The summed E-state index contributed by atoms with van der Waals surface area (Å²) in [6, 6.07) is 0.996. The normalized spacial score (nSPS) is 43.1. The molecule has 2 aliphatic heterocycles. The Labute approximate surface area is 110 Å². The second-order valence-electron chi connectivity index (χ2n) is 6.39. The predicted molar refractivity (Wildman–Crippen MR) is 70.2 cm³/mol. The van der Waals surface area contributed by atoms with Gasteiger partial charge in [-0.05, 0) is 44.4 Å². The molecule has 0 radical (unpaired) electrons. The molecule has 0 aromatic heterocycles. The van der Waals surface area contributed by atoms with Crippen LogP contribution in [0.3, 0.4) is 0 Å². The summed E-state index contributed by atoms with van der Waals surface area (Å²) in [6.07, 6.45) is 9.56. The zero-order valence-electron chi connectivity index (χ0n) is 11.4. The maximum Gasteiger partial charge on any atom is 0.310 e. The minimum Gasteiger partial charge on any atom is -0.462 e. The van der Waals surface area contributed by atoms with Crippen molar-refractivity contribution in [3.8, 4) is 0 Å². The van der Waals surface area contributed by atoms with Gasteiger partial charge in [-0.25, -0.2) is 0 Å². The minimum atomic E-state index is 0.0800. The van der Waals surface area contributed by atoms with E-state index < -0.39 is 0 Å². The minimum absolute atomic E-state index is 0.0800. The third kappa shape index (κ3) is 2.42. The summed E-state index contributed by atoms with van der Waals surface area (Å²) in [7, 11) is 0. The van der Waals surface area contributed by atoms with E-state index >= 15 is 0 Å². The molecule has 2 saturated heterocycles. The molecule has 0 aromatic carbocycles. The van der Waals surface area contributed by atoms with Gasteiger partial charge in [-0.3, -0.25) is 4.79 Å². The molecule has 1 aliphatic carbocycles. The van der Waals surface area contributed by atoms with Crippen LogP contribution in [0.5, 0.6) is 0 Å². The summed E-state index contributed by atoms with van der Waals surface area (Å²) in [6.45, 7) is 2.24. The Morgan fingerprint density at radius 3 is 2.78 bits per heavy atom. The molecule has 102 valence electrons. The fraction of sp³-hybridized carbons (Fsp3) is 0.933. The highest BCUT2D eigenvalue weighted by molar-refractivity contribution is 5.74. The Hall–Kier alpha value is -0.570. The standard InChI is InChI=1S/C15H25NO2/c1-2-10-4-3-5-12(8-10)18-15(17)13-9-11-6-7-14(13)16-11/h10-14,16H,2-9H2,1H3. The van der Waals surface area contributed by atoms with Crippen molar-refractivity contribution >= 4 is 5.97 Å². The van der Waals surface area contributed by atoms with Crippen LogP contribution in [-0.4, -0.2) is 24.2 Å². The fourth-order valence-corrected chi connectivity index (χ4v) is 4.06. The highest BCUT2D eigenvalue weighted by Crippen LogP contribution is 2.35.